The van der Waals surface area contributed by atoms with Gasteiger partial charge < -0.3 is 10.6 Å². The van der Waals surface area contributed by atoms with E-state index in [0.717, 1.165) is 48.3 Å². The molecule has 0 amide bonds. The summed E-state index contributed by atoms with van der Waals surface area (Å²) in [4.78, 5) is 8.13. The lowest BCUT2D eigenvalue weighted by atomic mass is 9.90. The highest BCUT2D eigenvalue weighted by Crippen LogP contribution is 2.38. The number of hydrogen-bond acceptors (Lipinski definition) is 4. The number of nitrogens with zero attached hydrogens (tertiary/aromatic N) is 2. The Hall–Kier alpha value is -2.48. The minimum Gasteiger partial charge on any atom is -0.382 e. The molecule has 1 aliphatic carbocycles. The van der Waals surface area contributed by atoms with Crippen LogP contribution in [0.3, 0.4) is 0 Å². The van der Waals surface area contributed by atoms with Crippen LogP contribution < -0.4 is 10.6 Å². The van der Waals surface area contributed by atoms with E-state index < -0.39 is 11.9 Å². The summed E-state index contributed by atoms with van der Waals surface area (Å²) in [5, 5.41) is 9.45. The Morgan fingerprint density at radius 2 is 1.43 bits per heavy atom. The molecule has 5 rings (SSSR count). The SMILES string of the molecule is FC(F)(F)c1cc(N[C@H]2CC[C@@H](Nc3ccnc4cc(Cl)ccc34)CC2)c2c(Cl)cc(Cl)cc2n1. The van der Waals surface area contributed by atoms with Crippen molar-refractivity contribution < 1.29 is 13.2 Å². The number of benzene rings is 2. The van der Waals surface area contributed by atoms with Crippen molar-refractivity contribution in [3.63, 3.8) is 0 Å². The Labute approximate surface area is 214 Å². The average Bonchev–Trinajstić information content (AvgIpc) is 2.79. The molecule has 1 fully saturated rings. The summed E-state index contributed by atoms with van der Waals surface area (Å²) in [5.41, 5.74) is 1.25. The van der Waals surface area contributed by atoms with Crippen molar-refractivity contribution in [2.45, 2.75) is 43.9 Å². The van der Waals surface area contributed by atoms with Gasteiger partial charge in [0, 0.05) is 50.5 Å². The zero-order chi connectivity index (χ0) is 24.7. The molecule has 4 nitrogen and oxygen atoms in total. The molecule has 35 heavy (non-hydrogen) atoms. The van der Waals surface area contributed by atoms with E-state index in [1.165, 1.54) is 12.1 Å². The predicted molar refractivity (Wildman–Crippen MR) is 137 cm³/mol. The maximum absolute atomic E-state index is 13.5. The third-order valence-electron chi connectivity index (χ3n) is 6.27. The smallest absolute Gasteiger partial charge is 0.382 e. The van der Waals surface area contributed by atoms with Crippen LogP contribution >= 0.6 is 34.8 Å². The van der Waals surface area contributed by atoms with Gasteiger partial charge in [-0.3, -0.25) is 4.98 Å². The molecule has 0 atom stereocenters. The third kappa shape index (κ3) is 5.22. The molecular weight excluding hydrogens is 520 g/mol. The van der Waals surface area contributed by atoms with E-state index in [9.17, 15) is 13.2 Å². The maximum Gasteiger partial charge on any atom is 0.433 e. The second-order valence-electron chi connectivity index (χ2n) is 8.69. The van der Waals surface area contributed by atoms with Gasteiger partial charge in [0.25, 0.3) is 0 Å². The van der Waals surface area contributed by atoms with Gasteiger partial charge in [-0.1, -0.05) is 34.8 Å². The molecule has 2 heterocycles. The number of alkyl halides is 3. The lowest BCUT2D eigenvalue weighted by Gasteiger charge is -2.31. The Morgan fingerprint density at radius 1 is 0.771 bits per heavy atom. The maximum atomic E-state index is 13.5. The Morgan fingerprint density at radius 3 is 2.11 bits per heavy atom. The molecule has 10 heteroatoms. The molecule has 2 aromatic carbocycles. The normalized spacial score (nSPS) is 18.7. The summed E-state index contributed by atoms with van der Waals surface area (Å²) in [7, 11) is 0. The van der Waals surface area contributed by atoms with Crippen LogP contribution in [0.5, 0.6) is 0 Å². The fraction of sp³-hybridized carbons (Fsp3) is 0.280. The summed E-state index contributed by atoms with van der Waals surface area (Å²) < 4.78 is 40.5. The van der Waals surface area contributed by atoms with Crippen LogP contribution in [0.25, 0.3) is 21.8 Å². The highest BCUT2D eigenvalue weighted by molar-refractivity contribution is 6.39. The summed E-state index contributed by atoms with van der Waals surface area (Å²) in [6.45, 7) is 0. The fourth-order valence-corrected chi connectivity index (χ4v) is 5.36. The highest BCUT2D eigenvalue weighted by Gasteiger charge is 2.34. The van der Waals surface area contributed by atoms with Crippen LogP contribution in [0.1, 0.15) is 31.4 Å². The number of aromatic nitrogens is 2. The molecule has 0 bridgehead atoms. The summed E-state index contributed by atoms with van der Waals surface area (Å²) in [5.74, 6) is 0. The van der Waals surface area contributed by atoms with Crippen molar-refractivity contribution in [3.8, 4) is 0 Å². The quantitative estimate of drug-likeness (QED) is 0.273. The fourth-order valence-electron chi connectivity index (χ4n) is 4.61. The van der Waals surface area contributed by atoms with Gasteiger partial charge in [0.15, 0.2) is 0 Å². The van der Waals surface area contributed by atoms with E-state index in [1.807, 2.05) is 24.3 Å². The van der Waals surface area contributed by atoms with Crippen LogP contribution in [0.4, 0.5) is 24.5 Å². The zero-order valence-corrected chi connectivity index (χ0v) is 20.5. The zero-order valence-electron chi connectivity index (χ0n) is 18.3. The number of pyridine rings is 2. The van der Waals surface area contributed by atoms with Gasteiger partial charge in [-0.2, -0.15) is 13.2 Å². The van der Waals surface area contributed by atoms with E-state index in [4.69, 9.17) is 34.8 Å². The van der Waals surface area contributed by atoms with Gasteiger partial charge in [0.2, 0.25) is 0 Å². The number of hydrogen-bond donors (Lipinski definition) is 2. The molecule has 0 aliphatic heterocycles. The first-order valence-electron chi connectivity index (χ1n) is 11.1. The minimum atomic E-state index is -4.58. The van der Waals surface area contributed by atoms with Crippen LogP contribution in [-0.4, -0.2) is 22.1 Å². The highest BCUT2D eigenvalue weighted by atomic mass is 35.5. The molecule has 182 valence electrons. The van der Waals surface area contributed by atoms with E-state index >= 15 is 0 Å². The van der Waals surface area contributed by atoms with Crippen LogP contribution in [0.2, 0.25) is 15.1 Å². The van der Waals surface area contributed by atoms with Gasteiger partial charge in [-0.15, -0.1) is 0 Å². The summed E-state index contributed by atoms with van der Waals surface area (Å²) >= 11 is 18.5. The first kappa shape index (κ1) is 24.2. The van der Waals surface area contributed by atoms with Gasteiger partial charge in [0.05, 0.1) is 16.1 Å². The third-order valence-corrected chi connectivity index (χ3v) is 7.02. The molecule has 0 radical (unpaired) electrons. The van der Waals surface area contributed by atoms with E-state index in [-0.39, 0.29) is 27.6 Å². The average molecular weight is 540 g/mol. The van der Waals surface area contributed by atoms with Crippen molar-refractivity contribution in [3.05, 3.63) is 69.4 Å². The van der Waals surface area contributed by atoms with Crippen molar-refractivity contribution in [1.29, 1.82) is 0 Å². The van der Waals surface area contributed by atoms with Crippen LogP contribution in [0.15, 0.2) is 48.7 Å². The van der Waals surface area contributed by atoms with Crippen molar-refractivity contribution >= 4 is 68.0 Å². The summed E-state index contributed by atoms with van der Waals surface area (Å²) in [6.07, 6.45) is 0.425. The Balaban J connectivity index is 1.33. The Bertz CT molecular complexity index is 1400. The molecule has 1 saturated carbocycles. The number of fused-ring (bicyclic) bond motifs is 2. The number of nitrogens with one attached hydrogen (secondary N) is 2. The molecule has 2 aromatic heterocycles. The molecule has 1 aliphatic rings. The van der Waals surface area contributed by atoms with E-state index in [1.54, 1.807) is 6.20 Å². The molecule has 0 spiro atoms. The topological polar surface area (TPSA) is 49.8 Å². The lowest BCUT2D eigenvalue weighted by Crippen LogP contribution is -2.32. The predicted octanol–water partition coefficient (Wildman–Crippen LogP) is 8.60. The van der Waals surface area contributed by atoms with Crippen molar-refractivity contribution in [2.75, 3.05) is 10.6 Å². The number of halogens is 6. The lowest BCUT2D eigenvalue weighted by molar-refractivity contribution is -0.140. The van der Waals surface area contributed by atoms with Gasteiger partial charge in [0.1, 0.15) is 5.69 Å². The first-order valence-corrected chi connectivity index (χ1v) is 12.2. The summed E-state index contributed by atoms with van der Waals surface area (Å²) in [6, 6.07) is 11.7. The van der Waals surface area contributed by atoms with Gasteiger partial charge in [-0.05, 0) is 68.1 Å². The molecule has 0 unspecified atom stereocenters. The number of anilines is 2. The van der Waals surface area contributed by atoms with E-state index in [2.05, 4.69) is 20.6 Å². The Kier molecular flexibility index (Phi) is 6.59. The second kappa shape index (κ2) is 9.52. The minimum absolute atomic E-state index is 0.000491. The largest absolute Gasteiger partial charge is 0.433 e. The molecule has 0 saturated heterocycles. The van der Waals surface area contributed by atoms with Crippen LogP contribution in [-0.2, 0) is 6.18 Å². The van der Waals surface area contributed by atoms with E-state index in [0.29, 0.717) is 16.1 Å². The van der Waals surface area contributed by atoms with Crippen molar-refractivity contribution in [1.82, 2.24) is 9.97 Å². The number of rotatable bonds is 4. The van der Waals surface area contributed by atoms with Crippen molar-refractivity contribution in [2.24, 2.45) is 0 Å². The molecule has 2 N–H and O–H groups in total. The second-order valence-corrected chi connectivity index (χ2v) is 9.97. The van der Waals surface area contributed by atoms with Crippen LogP contribution in [0, 0.1) is 0 Å². The molecule has 4 aromatic rings. The molecular formula is C25H20Cl3F3N4. The standard InChI is InChI=1S/C25H20Cl3F3N4/c26-13-1-6-17-19(7-8-32-20(17)10-13)33-15-2-4-16(5-3-15)34-22-12-23(25(29,30)31)35-21-11-14(27)9-18(28)24(21)22/h1,6-12,15-16H,2-5H2,(H,32,33)(H,34,35)/t15-,16+. The van der Waals surface area contributed by atoms with Gasteiger partial charge in [-0.25, -0.2) is 4.98 Å². The first-order chi connectivity index (χ1) is 16.7. The monoisotopic (exact) mass is 538 g/mol. The van der Waals surface area contributed by atoms with Gasteiger partial charge >= 0.3 is 6.18 Å².